The van der Waals surface area contributed by atoms with Crippen LogP contribution in [-0.2, 0) is 4.79 Å². The summed E-state index contributed by atoms with van der Waals surface area (Å²) in [5.41, 5.74) is 6.10. The van der Waals surface area contributed by atoms with Crippen LogP contribution >= 0.6 is 0 Å². The number of hydrogen-bond donors (Lipinski definition) is 2. The van der Waals surface area contributed by atoms with E-state index in [9.17, 15) is 4.79 Å². The second kappa shape index (κ2) is 5.38. The minimum absolute atomic E-state index is 0.0217. The van der Waals surface area contributed by atoms with Gasteiger partial charge in [0.05, 0.1) is 11.9 Å². The molecule has 0 spiro atoms. The lowest BCUT2D eigenvalue weighted by Crippen LogP contribution is -2.31. The first-order chi connectivity index (χ1) is 7.15. The summed E-state index contributed by atoms with van der Waals surface area (Å²) in [5, 5.41) is 6.85. The molecule has 0 aromatic carbocycles. The molecule has 0 fully saturated rings. The van der Waals surface area contributed by atoms with Crippen LogP contribution in [0.3, 0.4) is 0 Å². The molecule has 84 valence electrons. The molecule has 1 rings (SSSR count). The second-order valence-electron chi connectivity index (χ2n) is 3.57. The van der Waals surface area contributed by atoms with Crippen LogP contribution in [0.2, 0.25) is 0 Å². The summed E-state index contributed by atoms with van der Waals surface area (Å²) in [4.78, 5) is 11.6. The van der Waals surface area contributed by atoms with Gasteiger partial charge in [-0.2, -0.15) is 5.10 Å². The number of amides is 1. The van der Waals surface area contributed by atoms with Crippen LogP contribution in [0.4, 0.5) is 5.69 Å². The number of hydrogen-bond acceptors (Lipinski definition) is 3. The summed E-state index contributed by atoms with van der Waals surface area (Å²) < 4.78 is 1.57. The Morgan fingerprint density at radius 1 is 1.73 bits per heavy atom. The lowest BCUT2D eigenvalue weighted by atomic mass is 10.3. The van der Waals surface area contributed by atoms with Gasteiger partial charge in [0.1, 0.15) is 6.04 Å². The fraction of sp³-hybridized carbons (Fsp3) is 0.600. The molecule has 0 aliphatic heterocycles. The van der Waals surface area contributed by atoms with Crippen molar-refractivity contribution in [2.24, 2.45) is 0 Å². The molecular formula is C10H18N4O. The molecule has 0 radical (unpaired) electrons. The highest BCUT2D eigenvalue weighted by molar-refractivity contribution is 5.79. The fourth-order valence-electron chi connectivity index (χ4n) is 1.22. The molecule has 0 bridgehead atoms. The van der Waals surface area contributed by atoms with Crippen molar-refractivity contribution in [2.75, 3.05) is 12.3 Å². The maximum absolute atomic E-state index is 11.6. The topological polar surface area (TPSA) is 72.9 Å². The van der Waals surface area contributed by atoms with Gasteiger partial charge in [0.2, 0.25) is 5.91 Å². The number of nitrogens with two attached hydrogens (primary N) is 1. The van der Waals surface area contributed by atoms with Crippen LogP contribution in [0, 0.1) is 0 Å². The molecule has 1 aromatic rings. The summed E-state index contributed by atoms with van der Waals surface area (Å²) in [6, 6.07) is -0.306. The van der Waals surface area contributed by atoms with Gasteiger partial charge in [0, 0.05) is 12.7 Å². The van der Waals surface area contributed by atoms with E-state index in [4.69, 9.17) is 5.73 Å². The lowest BCUT2D eigenvalue weighted by Gasteiger charge is -2.12. The molecule has 0 aliphatic rings. The summed E-state index contributed by atoms with van der Waals surface area (Å²) >= 11 is 0. The highest BCUT2D eigenvalue weighted by Gasteiger charge is 2.14. The summed E-state index contributed by atoms with van der Waals surface area (Å²) in [7, 11) is 0. The highest BCUT2D eigenvalue weighted by Crippen LogP contribution is 2.07. The van der Waals surface area contributed by atoms with E-state index < -0.39 is 0 Å². The second-order valence-corrected chi connectivity index (χ2v) is 3.57. The van der Waals surface area contributed by atoms with Gasteiger partial charge in [-0.05, 0) is 13.3 Å². The van der Waals surface area contributed by atoms with Gasteiger partial charge in [-0.1, -0.05) is 13.3 Å². The number of unbranched alkanes of at least 4 members (excludes halogenated alkanes) is 1. The van der Waals surface area contributed by atoms with Crippen molar-refractivity contribution in [3.05, 3.63) is 12.4 Å². The molecule has 1 unspecified atom stereocenters. The van der Waals surface area contributed by atoms with Gasteiger partial charge in [-0.3, -0.25) is 9.48 Å². The third kappa shape index (κ3) is 3.27. The van der Waals surface area contributed by atoms with E-state index in [1.807, 2.05) is 0 Å². The van der Waals surface area contributed by atoms with Crippen molar-refractivity contribution in [2.45, 2.75) is 32.7 Å². The van der Waals surface area contributed by atoms with Crippen molar-refractivity contribution < 1.29 is 4.79 Å². The van der Waals surface area contributed by atoms with Crippen molar-refractivity contribution in [3.8, 4) is 0 Å². The standard InChI is InChI=1S/C10H18N4O/c1-3-4-5-12-10(15)8(2)14-7-9(11)6-13-14/h6-8H,3-5,11H2,1-2H3,(H,12,15). The van der Waals surface area contributed by atoms with Gasteiger partial charge in [0.25, 0.3) is 0 Å². The van der Waals surface area contributed by atoms with Crippen molar-refractivity contribution in [1.82, 2.24) is 15.1 Å². The Morgan fingerprint density at radius 2 is 2.47 bits per heavy atom. The van der Waals surface area contributed by atoms with Gasteiger partial charge in [-0.25, -0.2) is 0 Å². The monoisotopic (exact) mass is 210 g/mol. The first-order valence-corrected chi connectivity index (χ1v) is 5.22. The largest absolute Gasteiger partial charge is 0.396 e. The van der Waals surface area contributed by atoms with Crippen molar-refractivity contribution >= 4 is 11.6 Å². The molecular weight excluding hydrogens is 192 g/mol. The number of rotatable bonds is 5. The van der Waals surface area contributed by atoms with E-state index in [0.29, 0.717) is 5.69 Å². The van der Waals surface area contributed by atoms with Crippen LogP contribution in [0.15, 0.2) is 12.4 Å². The zero-order valence-corrected chi connectivity index (χ0v) is 9.23. The number of anilines is 1. The fourth-order valence-corrected chi connectivity index (χ4v) is 1.22. The predicted octanol–water partition coefficient (Wildman–Crippen LogP) is 0.943. The molecule has 5 nitrogen and oxygen atoms in total. The van der Waals surface area contributed by atoms with E-state index in [0.717, 1.165) is 19.4 Å². The first-order valence-electron chi connectivity index (χ1n) is 5.22. The van der Waals surface area contributed by atoms with Gasteiger partial charge < -0.3 is 11.1 Å². The Bertz CT molecular complexity index is 321. The average Bonchev–Trinajstić information content (AvgIpc) is 2.64. The SMILES string of the molecule is CCCCNC(=O)C(C)n1cc(N)cn1. The molecule has 0 aliphatic carbocycles. The van der Waals surface area contributed by atoms with E-state index >= 15 is 0 Å². The smallest absolute Gasteiger partial charge is 0.244 e. The number of carbonyl (C=O) groups excluding carboxylic acids is 1. The zero-order chi connectivity index (χ0) is 11.3. The minimum atomic E-state index is -0.306. The van der Waals surface area contributed by atoms with Gasteiger partial charge in [-0.15, -0.1) is 0 Å². The van der Waals surface area contributed by atoms with E-state index in [1.165, 1.54) is 6.20 Å². The molecule has 1 atom stereocenters. The number of nitrogens with zero attached hydrogens (tertiary/aromatic N) is 2. The normalized spacial score (nSPS) is 12.4. The maximum Gasteiger partial charge on any atom is 0.244 e. The average molecular weight is 210 g/mol. The lowest BCUT2D eigenvalue weighted by molar-refractivity contribution is -0.124. The van der Waals surface area contributed by atoms with Gasteiger partial charge in [0.15, 0.2) is 0 Å². The molecule has 15 heavy (non-hydrogen) atoms. The first kappa shape index (κ1) is 11.6. The Morgan fingerprint density at radius 3 is 3.00 bits per heavy atom. The summed E-state index contributed by atoms with van der Waals surface area (Å²) in [6.07, 6.45) is 5.27. The number of aromatic nitrogens is 2. The van der Waals surface area contributed by atoms with Crippen molar-refractivity contribution in [3.63, 3.8) is 0 Å². The molecule has 1 amide bonds. The van der Waals surface area contributed by atoms with Crippen LogP contribution in [0.5, 0.6) is 0 Å². The quantitative estimate of drug-likeness (QED) is 0.710. The summed E-state index contributed by atoms with van der Waals surface area (Å²) in [6.45, 7) is 4.61. The van der Waals surface area contributed by atoms with Crippen LogP contribution in [0.25, 0.3) is 0 Å². The highest BCUT2D eigenvalue weighted by atomic mass is 16.2. The predicted molar refractivity (Wildman–Crippen MR) is 59.3 cm³/mol. The van der Waals surface area contributed by atoms with Crippen LogP contribution in [0.1, 0.15) is 32.7 Å². The Balaban J connectivity index is 2.46. The molecule has 0 saturated carbocycles. The third-order valence-corrected chi connectivity index (χ3v) is 2.23. The Hall–Kier alpha value is -1.52. The number of nitrogen functional groups attached to an aromatic ring is 1. The molecule has 5 heteroatoms. The number of carbonyl (C=O) groups is 1. The molecule has 0 saturated heterocycles. The summed E-state index contributed by atoms with van der Waals surface area (Å²) in [5.74, 6) is -0.0217. The Labute approximate surface area is 89.6 Å². The van der Waals surface area contributed by atoms with Crippen LogP contribution in [-0.4, -0.2) is 22.2 Å². The zero-order valence-electron chi connectivity index (χ0n) is 9.23. The maximum atomic E-state index is 11.6. The third-order valence-electron chi connectivity index (χ3n) is 2.23. The van der Waals surface area contributed by atoms with Crippen LogP contribution < -0.4 is 11.1 Å². The van der Waals surface area contributed by atoms with E-state index in [1.54, 1.807) is 17.8 Å². The minimum Gasteiger partial charge on any atom is -0.396 e. The number of nitrogens with one attached hydrogen (secondary N) is 1. The van der Waals surface area contributed by atoms with Gasteiger partial charge >= 0.3 is 0 Å². The molecule has 1 heterocycles. The Kier molecular flexibility index (Phi) is 4.15. The molecule has 3 N–H and O–H groups in total. The van der Waals surface area contributed by atoms with E-state index in [-0.39, 0.29) is 11.9 Å². The van der Waals surface area contributed by atoms with E-state index in [2.05, 4.69) is 17.3 Å². The van der Waals surface area contributed by atoms with Crippen molar-refractivity contribution in [1.29, 1.82) is 0 Å². The molecule has 1 aromatic heterocycles.